The van der Waals surface area contributed by atoms with Gasteiger partial charge in [-0.25, -0.2) is 4.39 Å². The van der Waals surface area contributed by atoms with Gasteiger partial charge in [-0.3, -0.25) is 14.4 Å². The van der Waals surface area contributed by atoms with Gasteiger partial charge in [0.1, 0.15) is 23.3 Å². The second kappa shape index (κ2) is 13.7. The zero-order valence-electron chi connectivity index (χ0n) is 24.3. The van der Waals surface area contributed by atoms with E-state index in [0.29, 0.717) is 23.6 Å². The first-order chi connectivity index (χ1) is 20.4. The molecular formula is C30H34F3N5O5. The number of pyridine rings is 2. The first kappa shape index (κ1) is 31.5. The molecule has 1 fully saturated rings. The molecule has 0 radical (unpaired) electrons. The van der Waals surface area contributed by atoms with E-state index in [1.54, 1.807) is 20.2 Å². The van der Waals surface area contributed by atoms with Gasteiger partial charge in [-0.05, 0) is 66.4 Å². The number of carbonyl (C=O) groups excluding carboxylic acids is 2. The van der Waals surface area contributed by atoms with E-state index in [0.717, 1.165) is 18.2 Å². The Labute approximate surface area is 246 Å². The second-order valence-corrected chi connectivity index (χ2v) is 10.6. The first-order valence-electron chi connectivity index (χ1n) is 13.8. The number of anilines is 1. The number of nitrogens with zero attached hydrogens (tertiary/aromatic N) is 3. The number of aryl methyl sites for hydroxylation is 1. The number of alkyl halides is 3. The lowest BCUT2D eigenvalue weighted by atomic mass is 9.97. The molecule has 230 valence electrons. The van der Waals surface area contributed by atoms with E-state index in [2.05, 4.69) is 34.2 Å². The Kier molecular flexibility index (Phi) is 10.1. The number of halogens is 3. The summed E-state index contributed by atoms with van der Waals surface area (Å²) in [4.78, 5) is 45.0. The molecule has 4 rings (SSSR count). The van der Waals surface area contributed by atoms with Crippen LogP contribution in [0.25, 0.3) is 11.1 Å². The molecule has 0 unspecified atom stereocenters. The first-order valence-corrected chi connectivity index (χ1v) is 13.8. The highest BCUT2D eigenvalue weighted by Gasteiger charge is 2.32. The molecular weight excluding hydrogens is 567 g/mol. The average Bonchev–Trinajstić information content (AvgIpc) is 2.92. The van der Waals surface area contributed by atoms with E-state index in [1.807, 2.05) is 0 Å². The van der Waals surface area contributed by atoms with Crippen molar-refractivity contribution < 1.29 is 32.2 Å². The monoisotopic (exact) mass is 601 g/mol. The van der Waals surface area contributed by atoms with Gasteiger partial charge in [-0.1, -0.05) is 13.8 Å². The van der Waals surface area contributed by atoms with Crippen molar-refractivity contribution in [2.45, 2.75) is 40.1 Å². The Morgan fingerprint density at radius 2 is 1.86 bits per heavy atom. The van der Waals surface area contributed by atoms with E-state index in [4.69, 9.17) is 4.74 Å². The number of carbonyl (C=O) groups is 2. The van der Waals surface area contributed by atoms with Crippen LogP contribution in [0.5, 0.6) is 11.6 Å². The summed E-state index contributed by atoms with van der Waals surface area (Å²) in [7, 11) is 1.56. The summed E-state index contributed by atoms with van der Waals surface area (Å²) in [6.45, 7) is 3.95. The molecule has 0 spiro atoms. The van der Waals surface area contributed by atoms with E-state index >= 15 is 0 Å². The van der Waals surface area contributed by atoms with E-state index in [9.17, 15) is 27.6 Å². The summed E-state index contributed by atoms with van der Waals surface area (Å²) in [5, 5.41) is 5.92. The molecule has 1 aliphatic rings. The fraction of sp³-hybridized carbons (Fsp3) is 0.400. The largest absolute Gasteiger partial charge is 0.478 e. The van der Waals surface area contributed by atoms with Crippen LogP contribution in [0.1, 0.15) is 47.1 Å². The number of benzene rings is 1. The van der Waals surface area contributed by atoms with Crippen LogP contribution in [0, 0.1) is 5.92 Å². The highest BCUT2D eigenvalue weighted by molar-refractivity contribution is 6.05. The molecule has 13 heteroatoms. The predicted octanol–water partition coefficient (Wildman–Crippen LogP) is 4.24. The lowest BCUT2D eigenvalue weighted by molar-refractivity contribution is -0.0499. The average molecular weight is 602 g/mol. The Hall–Kier alpha value is -4.39. The zero-order chi connectivity index (χ0) is 31.3. The van der Waals surface area contributed by atoms with Crippen molar-refractivity contribution in [3.8, 4) is 22.8 Å². The minimum atomic E-state index is -3.11. The van der Waals surface area contributed by atoms with Gasteiger partial charge >= 0.3 is 6.61 Å². The van der Waals surface area contributed by atoms with Crippen LogP contribution >= 0.6 is 0 Å². The third kappa shape index (κ3) is 7.92. The Morgan fingerprint density at radius 3 is 2.51 bits per heavy atom. The van der Waals surface area contributed by atoms with Gasteiger partial charge in [0.2, 0.25) is 5.88 Å². The third-order valence-corrected chi connectivity index (χ3v) is 6.58. The summed E-state index contributed by atoms with van der Waals surface area (Å²) >= 11 is 0. The molecule has 43 heavy (non-hydrogen) atoms. The molecule has 1 saturated heterocycles. The topological polar surface area (TPSA) is 115 Å². The summed E-state index contributed by atoms with van der Waals surface area (Å²) in [6.07, 6.45) is 0.485. The molecule has 1 aromatic carbocycles. The van der Waals surface area contributed by atoms with E-state index in [1.165, 1.54) is 39.8 Å². The highest BCUT2D eigenvalue weighted by Crippen LogP contribution is 2.33. The maximum absolute atomic E-state index is 13.5. The number of likely N-dealkylation sites (tertiary alicyclic amines) is 1. The fourth-order valence-corrected chi connectivity index (χ4v) is 4.57. The summed E-state index contributed by atoms with van der Waals surface area (Å²) in [5.74, 6) is -0.973. The van der Waals surface area contributed by atoms with Crippen LogP contribution in [-0.4, -0.2) is 65.3 Å². The molecule has 3 aromatic rings. The smallest absolute Gasteiger partial charge is 0.387 e. The van der Waals surface area contributed by atoms with Gasteiger partial charge in [0.05, 0.1) is 25.3 Å². The molecule has 0 aliphatic carbocycles. The number of hydrogen-bond donors (Lipinski definition) is 2. The normalized spacial score (nSPS) is 13.3. The minimum Gasteiger partial charge on any atom is -0.478 e. The number of ether oxygens (including phenoxy) is 2. The van der Waals surface area contributed by atoms with Gasteiger partial charge in [0.25, 0.3) is 17.4 Å². The molecule has 3 heterocycles. The second-order valence-electron chi connectivity index (χ2n) is 10.6. The molecule has 2 N–H and O–H groups in total. The van der Waals surface area contributed by atoms with Crippen LogP contribution in [0.4, 0.5) is 19.0 Å². The number of rotatable bonds is 12. The minimum absolute atomic E-state index is 0.00792. The van der Waals surface area contributed by atoms with Crippen molar-refractivity contribution in [3.05, 3.63) is 69.6 Å². The zero-order valence-corrected chi connectivity index (χ0v) is 24.3. The number of nitrogens with one attached hydrogen (secondary N) is 2. The fourth-order valence-electron chi connectivity index (χ4n) is 4.57. The van der Waals surface area contributed by atoms with Gasteiger partial charge < -0.3 is 29.6 Å². The van der Waals surface area contributed by atoms with E-state index < -0.39 is 30.2 Å². The predicted molar refractivity (Wildman–Crippen MR) is 154 cm³/mol. The van der Waals surface area contributed by atoms with Crippen LogP contribution in [0.2, 0.25) is 0 Å². The van der Waals surface area contributed by atoms with Crippen molar-refractivity contribution in [1.82, 2.24) is 19.8 Å². The molecule has 1 aliphatic heterocycles. The maximum Gasteiger partial charge on any atom is 0.387 e. The van der Waals surface area contributed by atoms with Crippen LogP contribution in [0.15, 0.2) is 47.4 Å². The Morgan fingerprint density at radius 1 is 1.12 bits per heavy atom. The molecule has 0 atom stereocenters. The Balaban J connectivity index is 1.70. The molecule has 2 amide bonds. The molecule has 0 bridgehead atoms. The van der Waals surface area contributed by atoms with Gasteiger partial charge in [0.15, 0.2) is 0 Å². The maximum atomic E-state index is 13.5. The van der Waals surface area contributed by atoms with Gasteiger partial charge in [-0.2, -0.15) is 13.8 Å². The third-order valence-electron chi connectivity index (χ3n) is 6.58. The van der Waals surface area contributed by atoms with Gasteiger partial charge in [-0.15, -0.1) is 0 Å². The molecule has 0 saturated carbocycles. The highest BCUT2D eigenvalue weighted by atomic mass is 19.3. The number of amides is 2. The molecule has 10 nitrogen and oxygen atoms in total. The lowest BCUT2D eigenvalue weighted by Gasteiger charge is -2.34. The van der Waals surface area contributed by atoms with Crippen molar-refractivity contribution in [1.29, 1.82) is 0 Å². The summed E-state index contributed by atoms with van der Waals surface area (Å²) in [5.41, 5.74) is 0.778. The molecule has 2 aromatic heterocycles. The van der Waals surface area contributed by atoms with Crippen molar-refractivity contribution in [3.63, 3.8) is 0 Å². The van der Waals surface area contributed by atoms with Crippen molar-refractivity contribution in [2.75, 3.05) is 31.6 Å². The van der Waals surface area contributed by atoms with Crippen molar-refractivity contribution in [2.24, 2.45) is 13.0 Å². The number of hydrogen-bond acceptors (Lipinski definition) is 7. The van der Waals surface area contributed by atoms with Gasteiger partial charge in [0, 0.05) is 25.9 Å². The van der Waals surface area contributed by atoms with Crippen LogP contribution in [0.3, 0.4) is 0 Å². The summed E-state index contributed by atoms with van der Waals surface area (Å²) < 4.78 is 50.8. The van der Waals surface area contributed by atoms with Crippen molar-refractivity contribution >= 4 is 17.6 Å². The SMILES string of the molecule is CCOc1cc(-c2ccc(OC(F)F)cc2C(=O)N2CC(F)C2)cc(NC(=O)c2cc(CNCC(C)C)cn(C)c2=O)n1. The van der Waals surface area contributed by atoms with E-state index in [-0.39, 0.29) is 48.3 Å². The quantitative estimate of drug-likeness (QED) is 0.319. The van der Waals surface area contributed by atoms with Crippen LogP contribution < -0.4 is 25.7 Å². The lowest BCUT2D eigenvalue weighted by Crippen LogP contribution is -2.51. The number of aromatic nitrogens is 2. The Bertz CT molecular complexity index is 1540. The van der Waals surface area contributed by atoms with Crippen LogP contribution in [-0.2, 0) is 13.6 Å². The standard InChI is InChI=1S/C30H34F3N5O5/c1-5-42-26-10-19(22-7-6-21(43-30(32)33)11-23(22)29(41)38-15-20(31)16-38)9-25(35-26)36-27(39)24-8-18(13-34-12-17(2)3)14-37(4)28(24)40/h6-11,14,17,20,30,34H,5,12-13,15-16H2,1-4H3,(H,35,36,39). The summed E-state index contributed by atoms with van der Waals surface area (Å²) in [6, 6.07) is 8.35.